The lowest BCUT2D eigenvalue weighted by Crippen LogP contribution is -2.44. The van der Waals surface area contributed by atoms with E-state index in [1.165, 1.54) is 0 Å². The van der Waals surface area contributed by atoms with Gasteiger partial charge in [0, 0.05) is 69.7 Å². The molecule has 1 aliphatic rings. The molecule has 1 aliphatic heterocycles. The van der Waals surface area contributed by atoms with Crippen LogP contribution < -0.4 is 15.2 Å². The fraction of sp³-hybridized carbons (Fsp3) is 0.440. The van der Waals surface area contributed by atoms with E-state index in [4.69, 9.17) is 15.2 Å². The van der Waals surface area contributed by atoms with E-state index in [0.29, 0.717) is 30.5 Å². The smallest absolute Gasteiger partial charge is 0.246 e. The number of carbonyl (C=O) groups excluding carboxylic acids is 1. The maximum absolute atomic E-state index is 12.8. The second-order valence-corrected chi connectivity index (χ2v) is 8.30. The lowest BCUT2D eigenvalue weighted by molar-refractivity contribution is -0.125. The molecule has 9 heteroatoms. The van der Waals surface area contributed by atoms with Gasteiger partial charge in [-0.15, -0.1) is 12.4 Å². The lowest BCUT2D eigenvalue weighted by atomic mass is 10.1. The molecule has 34 heavy (non-hydrogen) atoms. The Labute approximate surface area is 208 Å². The number of piperazine rings is 1. The molecule has 0 radical (unpaired) electrons. The third kappa shape index (κ3) is 7.35. The highest BCUT2D eigenvalue weighted by atomic mass is 35.5. The molecule has 0 unspecified atom stereocenters. The van der Waals surface area contributed by atoms with Crippen LogP contribution in [0.5, 0.6) is 11.5 Å². The van der Waals surface area contributed by atoms with Gasteiger partial charge in [-0.25, -0.2) is 4.98 Å². The highest BCUT2D eigenvalue weighted by Gasteiger charge is 2.16. The van der Waals surface area contributed by atoms with Crippen LogP contribution >= 0.6 is 12.4 Å². The molecule has 1 fully saturated rings. The summed E-state index contributed by atoms with van der Waals surface area (Å²) in [7, 11) is 5.51. The normalized spacial score (nSPS) is 14.6. The average molecular weight is 490 g/mol. The van der Waals surface area contributed by atoms with Crippen LogP contribution in [0.15, 0.2) is 36.5 Å². The van der Waals surface area contributed by atoms with Crippen LogP contribution in [-0.4, -0.2) is 79.6 Å². The van der Waals surface area contributed by atoms with Crippen molar-refractivity contribution in [2.24, 2.45) is 0 Å². The highest BCUT2D eigenvalue weighted by molar-refractivity contribution is 5.91. The van der Waals surface area contributed by atoms with E-state index in [9.17, 15) is 4.79 Å². The Bertz CT molecular complexity index is 977. The number of benzene rings is 1. The summed E-state index contributed by atoms with van der Waals surface area (Å²) >= 11 is 0. The largest absolute Gasteiger partial charge is 0.493 e. The standard InChI is InChI=1S/C25H35N5O3.ClH/c1-5-33-24-20(7-6-8-22(24)32-4)17-29(3)23(31)10-9-19-15-21(25(26)27-16-19)18-30-13-11-28(2)12-14-30;/h6-10,15-16H,5,11-14,17-18H2,1-4H3,(H2,26,27);1H. The minimum absolute atomic E-state index is 0. The zero-order valence-corrected chi connectivity index (χ0v) is 21.3. The van der Waals surface area contributed by atoms with Crippen molar-refractivity contribution in [3.63, 3.8) is 0 Å². The Morgan fingerprint density at radius 1 is 1.24 bits per heavy atom. The van der Waals surface area contributed by atoms with Crippen molar-refractivity contribution in [2.45, 2.75) is 20.0 Å². The number of ether oxygens (including phenoxy) is 2. The number of anilines is 1. The van der Waals surface area contributed by atoms with Gasteiger partial charge < -0.3 is 25.0 Å². The van der Waals surface area contributed by atoms with Gasteiger partial charge in [-0.1, -0.05) is 12.1 Å². The molecule has 0 saturated carbocycles. The lowest BCUT2D eigenvalue weighted by Gasteiger charge is -2.32. The number of hydrogen-bond donors (Lipinski definition) is 1. The summed E-state index contributed by atoms with van der Waals surface area (Å²) < 4.78 is 11.2. The maximum Gasteiger partial charge on any atom is 0.246 e. The number of carbonyl (C=O) groups is 1. The fourth-order valence-corrected chi connectivity index (χ4v) is 3.79. The van der Waals surface area contributed by atoms with E-state index in [-0.39, 0.29) is 18.3 Å². The first kappa shape index (κ1) is 27.4. The van der Waals surface area contributed by atoms with Crippen molar-refractivity contribution >= 4 is 30.2 Å². The van der Waals surface area contributed by atoms with Crippen molar-refractivity contribution < 1.29 is 14.3 Å². The Balaban J connectivity index is 0.00000408. The number of nitrogens with zero attached hydrogens (tertiary/aromatic N) is 4. The van der Waals surface area contributed by atoms with Crippen molar-refractivity contribution in [2.75, 3.05) is 59.7 Å². The molecule has 1 amide bonds. The van der Waals surface area contributed by atoms with Gasteiger partial charge in [0.05, 0.1) is 13.7 Å². The highest BCUT2D eigenvalue weighted by Crippen LogP contribution is 2.31. The molecule has 1 aromatic carbocycles. The summed E-state index contributed by atoms with van der Waals surface area (Å²) in [5.74, 6) is 1.75. The number of aromatic nitrogens is 1. The van der Waals surface area contributed by atoms with E-state index in [1.54, 1.807) is 37.4 Å². The monoisotopic (exact) mass is 489 g/mol. The van der Waals surface area contributed by atoms with E-state index in [2.05, 4.69) is 21.8 Å². The van der Waals surface area contributed by atoms with Gasteiger partial charge in [0.15, 0.2) is 11.5 Å². The van der Waals surface area contributed by atoms with Crippen molar-refractivity contribution in [1.82, 2.24) is 19.7 Å². The Morgan fingerprint density at radius 2 is 1.97 bits per heavy atom. The van der Waals surface area contributed by atoms with E-state index < -0.39 is 0 Å². The van der Waals surface area contributed by atoms with Gasteiger partial charge in [0.1, 0.15) is 5.82 Å². The van der Waals surface area contributed by atoms with E-state index >= 15 is 0 Å². The third-order valence-corrected chi connectivity index (χ3v) is 5.78. The molecule has 2 N–H and O–H groups in total. The molecular formula is C25H36ClN5O3. The zero-order chi connectivity index (χ0) is 23.8. The second-order valence-electron chi connectivity index (χ2n) is 8.30. The topological polar surface area (TPSA) is 84.2 Å². The molecule has 0 atom stereocenters. The summed E-state index contributed by atoms with van der Waals surface area (Å²) in [5.41, 5.74) is 8.85. The van der Waals surface area contributed by atoms with Gasteiger partial charge in [0.2, 0.25) is 5.91 Å². The van der Waals surface area contributed by atoms with Crippen molar-refractivity contribution in [1.29, 1.82) is 0 Å². The SMILES string of the molecule is CCOc1c(CN(C)C(=O)C=Cc2cnc(N)c(CN3CCN(C)CC3)c2)cccc1OC.Cl. The molecule has 1 aromatic heterocycles. The summed E-state index contributed by atoms with van der Waals surface area (Å²) in [4.78, 5) is 23.4. The van der Waals surface area contributed by atoms with Gasteiger partial charge in [-0.2, -0.15) is 0 Å². The van der Waals surface area contributed by atoms with Crippen molar-refractivity contribution in [3.05, 3.63) is 53.2 Å². The molecule has 2 aromatic rings. The van der Waals surface area contributed by atoms with E-state index in [1.807, 2.05) is 31.2 Å². The second kappa shape index (κ2) is 13.2. The van der Waals surface area contributed by atoms with Crippen molar-refractivity contribution in [3.8, 4) is 11.5 Å². The minimum atomic E-state index is -0.113. The number of likely N-dealkylation sites (N-methyl/N-ethyl adjacent to an activating group) is 2. The Kier molecular flexibility index (Phi) is 10.6. The number of methoxy groups -OCH3 is 1. The number of nitrogens with two attached hydrogens (primary N) is 1. The maximum atomic E-state index is 12.8. The molecule has 186 valence electrons. The first-order valence-corrected chi connectivity index (χ1v) is 11.3. The molecule has 8 nitrogen and oxygen atoms in total. The number of rotatable bonds is 9. The molecule has 0 bridgehead atoms. The predicted molar refractivity (Wildman–Crippen MR) is 138 cm³/mol. The molecule has 2 heterocycles. The predicted octanol–water partition coefficient (Wildman–Crippen LogP) is 2.91. The van der Waals surface area contributed by atoms with Gasteiger partial charge in [-0.05, 0) is 37.7 Å². The third-order valence-electron chi connectivity index (χ3n) is 5.78. The first-order chi connectivity index (χ1) is 15.9. The quantitative estimate of drug-likeness (QED) is 0.542. The Morgan fingerprint density at radius 3 is 2.65 bits per heavy atom. The number of hydrogen-bond acceptors (Lipinski definition) is 7. The summed E-state index contributed by atoms with van der Waals surface area (Å²) in [6, 6.07) is 7.70. The van der Waals surface area contributed by atoms with Crippen LogP contribution in [0.3, 0.4) is 0 Å². The van der Waals surface area contributed by atoms with Crippen LogP contribution in [0.4, 0.5) is 5.82 Å². The number of halogens is 1. The van der Waals surface area contributed by atoms with Gasteiger partial charge >= 0.3 is 0 Å². The van der Waals surface area contributed by atoms with E-state index in [0.717, 1.165) is 49.4 Å². The van der Waals surface area contributed by atoms with Gasteiger partial charge in [0.25, 0.3) is 0 Å². The fourth-order valence-electron chi connectivity index (χ4n) is 3.79. The molecule has 0 spiro atoms. The summed E-state index contributed by atoms with van der Waals surface area (Å²) in [5, 5.41) is 0. The van der Waals surface area contributed by atoms with Crippen LogP contribution in [0.1, 0.15) is 23.6 Å². The zero-order valence-electron chi connectivity index (χ0n) is 20.5. The summed E-state index contributed by atoms with van der Waals surface area (Å²) in [6.07, 6.45) is 5.04. The van der Waals surface area contributed by atoms with Gasteiger partial charge in [-0.3, -0.25) is 9.69 Å². The van der Waals surface area contributed by atoms with Crippen LogP contribution in [0, 0.1) is 0 Å². The number of pyridine rings is 1. The van der Waals surface area contributed by atoms with Crippen LogP contribution in [0.2, 0.25) is 0 Å². The molecule has 1 saturated heterocycles. The van der Waals surface area contributed by atoms with Crippen LogP contribution in [-0.2, 0) is 17.9 Å². The molecule has 3 rings (SSSR count). The minimum Gasteiger partial charge on any atom is -0.493 e. The molecule has 0 aliphatic carbocycles. The van der Waals surface area contributed by atoms with Crippen LogP contribution in [0.25, 0.3) is 6.08 Å². The Hall–Kier alpha value is -2.81. The average Bonchev–Trinajstić information content (AvgIpc) is 2.81. The molecular weight excluding hydrogens is 454 g/mol. The first-order valence-electron chi connectivity index (χ1n) is 11.3. The summed E-state index contributed by atoms with van der Waals surface area (Å²) in [6.45, 7) is 7.72. The number of amides is 1. The number of nitrogen functional groups attached to an aromatic ring is 1. The number of para-hydroxylation sites is 1.